The van der Waals surface area contributed by atoms with Gasteiger partial charge in [0.2, 0.25) is 0 Å². The molecule has 8 heteroatoms. The fourth-order valence-electron chi connectivity index (χ4n) is 1.47. The Kier molecular flexibility index (Phi) is 6.67. The minimum Gasteiger partial charge on any atom is -0.487 e. The zero-order valence-electron chi connectivity index (χ0n) is 10.7. The average Bonchev–Trinajstić information content (AvgIpc) is 2.37. The second-order valence-corrected chi connectivity index (χ2v) is 3.91. The summed E-state index contributed by atoms with van der Waals surface area (Å²) in [6, 6.07) is 6.75. The molecule has 0 radical (unpaired) electrons. The fraction of sp³-hybridized carbons (Fsp3) is 0.0833. The Bertz CT molecular complexity index is 579. The molecule has 0 atom stereocenters. The van der Waals surface area contributed by atoms with E-state index in [9.17, 15) is 17.3 Å². The number of hydrogen-bond donors (Lipinski definition) is 0. The fourth-order valence-corrected chi connectivity index (χ4v) is 1.47. The third kappa shape index (κ3) is 4.85. The van der Waals surface area contributed by atoms with Crippen LogP contribution in [-0.2, 0) is 6.61 Å². The zero-order valence-corrected chi connectivity index (χ0v) is 13.8. The number of rotatable bonds is 4. The molecule has 2 aromatic rings. The van der Waals surface area contributed by atoms with Crippen LogP contribution in [0.1, 0.15) is 5.56 Å². The molecule has 0 bridgehead atoms. The maximum Gasteiger partial charge on any atom is 1.00 e. The molecular formula is C12H9BF4KNO. The number of pyridine rings is 1. The predicted octanol–water partition coefficient (Wildman–Crippen LogP) is -0.142. The van der Waals surface area contributed by atoms with E-state index >= 15 is 0 Å². The standard InChI is InChI=1S/C12H9BF4NO.K/c14-12-4-2-1-3-9(12)8-19-11-5-10(6-18-7-11)13(15,16)17;/h1-7H,8H2;/q-1;+1. The van der Waals surface area contributed by atoms with Crippen LogP contribution >= 0.6 is 0 Å². The first-order valence-electron chi connectivity index (χ1n) is 5.48. The molecule has 0 saturated carbocycles. The molecule has 2 rings (SSSR count). The van der Waals surface area contributed by atoms with E-state index in [0.717, 1.165) is 18.5 Å². The normalized spacial score (nSPS) is 10.8. The number of hydrogen-bond acceptors (Lipinski definition) is 2. The Morgan fingerprint density at radius 1 is 1.10 bits per heavy atom. The molecule has 1 heterocycles. The van der Waals surface area contributed by atoms with Crippen LogP contribution in [0.15, 0.2) is 42.7 Å². The summed E-state index contributed by atoms with van der Waals surface area (Å²) in [5.41, 5.74) is -0.573. The van der Waals surface area contributed by atoms with Crippen molar-refractivity contribution in [2.24, 2.45) is 0 Å². The zero-order chi connectivity index (χ0) is 13.9. The SMILES string of the molecule is Fc1ccccc1COc1cncc([B-](F)(F)F)c1.[K+]. The number of nitrogens with zero attached hydrogens (tertiary/aromatic N) is 1. The minimum absolute atomic E-state index is 0. The Balaban J connectivity index is 0.00000200. The molecule has 0 aliphatic heterocycles. The van der Waals surface area contributed by atoms with Gasteiger partial charge in [0.15, 0.2) is 0 Å². The van der Waals surface area contributed by atoms with Crippen molar-refractivity contribution in [3.8, 4) is 5.75 Å². The van der Waals surface area contributed by atoms with Crippen molar-refractivity contribution in [3.05, 3.63) is 54.1 Å². The molecule has 0 aliphatic rings. The van der Waals surface area contributed by atoms with Gasteiger partial charge < -0.3 is 17.7 Å². The summed E-state index contributed by atoms with van der Waals surface area (Å²) < 4.78 is 55.9. The molecule has 0 amide bonds. The topological polar surface area (TPSA) is 22.1 Å². The smallest absolute Gasteiger partial charge is 0.487 e. The third-order valence-corrected chi connectivity index (χ3v) is 2.46. The van der Waals surface area contributed by atoms with Crippen LogP contribution in [0.25, 0.3) is 0 Å². The van der Waals surface area contributed by atoms with Crippen molar-refractivity contribution in [2.45, 2.75) is 6.61 Å². The van der Waals surface area contributed by atoms with Crippen molar-refractivity contribution >= 4 is 12.4 Å². The Hall–Kier alpha value is -0.409. The summed E-state index contributed by atoms with van der Waals surface area (Å²) in [5, 5.41) is 0. The van der Waals surface area contributed by atoms with Gasteiger partial charge in [-0.3, -0.25) is 4.98 Å². The van der Waals surface area contributed by atoms with Gasteiger partial charge in [0.25, 0.3) is 0 Å². The molecule has 2 nitrogen and oxygen atoms in total. The van der Waals surface area contributed by atoms with Crippen LogP contribution in [0.3, 0.4) is 0 Å². The van der Waals surface area contributed by atoms with Crippen LogP contribution in [0.5, 0.6) is 5.75 Å². The summed E-state index contributed by atoms with van der Waals surface area (Å²) in [6.07, 6.45) is 1.89. The molecule has 0 fully saturated rings. The molecule has 0 spiro atoms. The summed E-state index contributed by atoms with van der Waals surface area (Å²) >= 11 is 0. The van der Waals surface area contributed by atoms with Gasteiger partial charge in [0, 0.05) is 11.8 Å². The van der Waals surface area contributed by atoms with Crippen LogP contribution < -0.4 is 61.6 Å². The van der Waals surface area contributed by atoms with Gasteiger partial charge >= 0.3 is 58.4 Å². The molecular weight excluding hydrogens is 300 g/mol. The summed E-state index contributed by atoms with van der Waals surface area (Å²) in [5.74, 6) is -0.508. The van der Waals surface area contributed by atoms with Crippen LogP contribution in [-0.4, -0.2) is 12.0 Å². The molecule has 1 aromatic heterocycles. The van der Waals surface area contributed by atoms with Crippen molar-refractivity contribution < 1.29 is 73.5 Å². The van der Waals surface area contributed by atoms with E-state index in [1.807, 2.05) is 0 Å². The summed E-state index contributed by atoms with van der Waals surface area (Å²) in [7, 11) is 0. The molecule has 20 heavy (non-hydrogen) atoms. The van der Waals surface area contributed by atoms with Gasteiger partial charge in [-0.05, 0) is 12.1 Å². The molecule has 0 unspecified atom stereocenters. The first-order chi connectivity index (χ1) is 8.97. The van der Waals surface area contributed by atoms with Crippen LogP contribution in [0, 0.1) is 5.82 Å². The monoisotopic (exact) mass is 309 g/mol. The van der Waals surface area contributed by atoms with Gasteiger partial charge in [-0.15, -0.1) is 0 Å². The van der Waals surface area contributed by atoms with E-state index in [-0.39, 0.29) is 69.3 Å². The van der Waals surface area contributed by atoms with Gasteiger partial charge in [-0.25, -0.2) is 4.39 Å². The van der Waals surface area contributed by atoms with Crippen LogP contribution in [0.4, 0.5) is 17.3 Å². The quantitative estimate of drug-likeness (QED) is 0.579. The first-order valence-corrected chi connectivity index (χ1v) is 5.48. The van der Waals surface area contributed by atoms with Gasteiger partial charge in [0.05, 0.1) is 6.20 Å². The number of halogens is 4. The largest absolute Gasteiger partial charge is 1.00 e. The number of benzene rings is 1. The van der Waals surface area contributed by atoms with E-state index < -0.39 is 18.3 Å². The van der Waals surface area contributed by atoms with E-state index in [2.05, 4.69) is 4.98 Å². The molecule has 0 aliphatic carbocycles. The van der Waals surface area contributed by atoms with Gasteiger partial charge in [0.1, 0.15) is 18.2 Å². The van der Waals surface area contributed by atoms with Crippen molar-refractivity contribution in [3.63, 3.8) is 0 Å². The van der Waals surface area contributed by atoms with Crippen LogP contribution in [0.2, 0.25) is 0 Å². The van der Waals surface area contributed by atoms with Crippen molar-refractivity contribution in [1.82, 2.24) is 4.98 Å². The van der Waals surface area contributed by atoms with E-state index in [0.29, 0.717) is 0 Å². The number of aromatic nitrogens is 1. The van der Waals surface area contributed by atoms with Crippen molar-refractivity contribution in [2.75, 3.05) is 0 Å². The average molecular weight is 309 g/mol. The molecule has 1 aromatic carbocycles. The third-order valence-electron chi connectivity index (χ3n) is 2.46. The van der Waals surface area contributed by atoms with Gasteiger partial charge in [-0.1, -0.05) is 23.7 Å². The summed E-state index contributed by atoms with van der Waals surface area (Å²) in [4.78, 5) is 3.46. The van der Waals surface area contributed by atoms with E-state index in [4.69, 9.17) is 4.74 Å². The van der Waals surface area contributed by atoms with E-state index in [1.54, 1.807) is 6.07 Å². The summed E-state index contributed by atoms with van der Waals surface area (Å²) in [6.45, 7) is -5.27. The van der Waals surface area contributed by atoms with Crippen molar-refractivity contribution in [1.29, 1.82) is 0 Å². The maximum absolute atomic E-state index is 13.3. The Labute approximate surface area is 156 Å². The number of ether oxygens (including phenoxy) is 1. The second-order valence-electron chi connectivity index (χ2n) is 3.91. The molecule has 0 N–H and O–H groups in total. The van der Waals surface area contributed by atoms with E-state index in [1.165, 1.54) is 18.2 Å². The molecule has 0 saturated heterocycles. The maximum atomic E-state index is 13.3. The van der Waals surface area contributed by atoms with Gasteiger partial charge in [-0.2, -0.15) is 0 Å². The first kappa shape index (κ1) is 17.6. The predicted molar refractivity (Wildman–Crippen MR) is 63.7 cm³/mol. The molecule has 100 valence electrons. The Morgan fingerprint density at radius 3 is 2.45 bits per heavy atom. The Morgan fingerprint density at radius 2 is 1.80 bits per heavy atom. The minimum atomic E-state index is -5.12. The second kappa shape index (κ2) is 7.56.